The van der Waals surface area contributed by atoms with Gasteiger partial charge in [0.25, 0.3) is 0 Å². The van der Waals surface area contributed by atoms with E-state index in [1.54, 1.807) is 0 Å². The van der Waals surface area contributed by atoms with Crippen molar-refractivity contribution in [3.05, 3.63) is 0 Å². The molecule has 0 radical (unpaired) electrons. The van der Waals surface area contributed by atoms with Gasteiger partial charge < -0.3 is 15.8 Å². The number of nitrogens with one attached hydrogen (secondary N) is 1. The minimum Gasteiger partial charge on any atom is -0.378 e. The van der Waals surface area contributed by atoms with E-state index in [-0.39, 0.29) is 11.9 Å². The second kappa shape index (κ2) is 10.2. The zero-order valence-corrected chi connectivity index (χ0v) is 12.3. The van der Waals surface area contributed by atoms with E-state index in [0.29, 0.717) is 12.6 Å². The van der Waals surface area contributed by atoms with Gasteiger partial charge >= 0.3 is 0 Å². The summed E-state index contributed by atoms with van der Waals surface area (Å²) in [6.45, 7) is 3.52. The van der Waals surface area contributed by atoms with E-state index in [9.17, 15) is 4.79 Å². The lowest BCUT2D eigenvalue weighted by Gasteiger charge is -2.22. The molecule has 19 heavy (non-hydrogen) atoms. The van der Waals surface area contributed by atoms with Crippen molar-refractivity contribution < 1.29 is 9.53 Å². The predicted molar refractivity (Wildman–Crippen MR) is 78.0 cm³/mol. The van der Waals surface area contributed by atoms with E-state index in [2.05, 4.69) is 12.2 Å². The summed E-state index contributed by atoms with van der Waals surface area (Å²) in [6.07, 6.45) is 10.6. The molecule has 0 aliphatic heterocycles. The van der Waals surface area contributed by atoms with Gasteiger partial charge in [0.05, 0.1) is 12.1 Å². The molecule has 1 fully saturated rings. The molecule has 4 heteroatoms. The number of amides is 1. The number of rotatable bonds is 9. The molecule has 1 unspecified atom stereocenters. The summed E-state index contributed by atoms with van der Waals surface area (Å²) in [5, 5.41) is 2.89. The second-order valence-corrected chi connectivity index (χ2v) is 5.52. The number of carbonyl (C=O) groups excluding carboxylic acids is 1. The maximum absolute atomic E-state index is 11.6. The topological polar surface area (TPSA) is 64.4 Å². The van der Waals surface area contributed by atoms with Gasteiger partial charge in [-0.15, -0.1) is 0 Å². The minimum atomic E-state index is -0.348. The van der Waals surface area contributed by atoms with Crippen LogP contribution in [0.4, 0.5) is 0 Å². The number of unbranched alkanes of at least 4 members (excludes halogenated alkanes) is 1. The molecule has 1 atom stereocenters. The van der Waals surface area contributed by atoms with E-state index < -0.39 is 0 Å². The number of carbonyl (C=O) groups is 1. The van der Waals surface area contributed by atoms with Gasteiger partial charge in [0.15, 0.2) is 0 Å². The van der Waals surface area contributed by atoms with Crippen molar-refractivity contribution >= 4 is 5.91 Å². The van der Waals surface area contributed by atoms with Crippen LogP contribution in [0.25, 0.3) is 0 Å². The minimum absolute atomic E-state index is 0.0221. The van der Waals surface area contributed by atoms with Crippen LogP contribution >= 0.6 is 0 Å². The van der Waals surface area contributed by atoms with Gasteiger partial charge in [-0.2, -0.15) is 0 Å². The van der Waals surface area contributed by atoms with Crippen LogP contribution in [-0.2, 0) is 9.53 Å². The van der Waals surface area contributed by atoms with Gasteiger partial charge in [-0.1, -0.05) is 39.0 Å². The predicted octanol–water partition coefficient (Wildman–Crippen LogP) is 2.36. The van der Waals surface area contributed by atoms with Crippen molar-refractivity contribution in [3.8, 4) is 0 Å². The highest BCUT2D eigenvalue weighted by molar-refractivity contribution is 5.81. The molecule has 1 saturated carbocycles. The molecule has 0 saturated heterocycles. The van der Waals surface area contributed by atoms with Gasteiger partial charge in [0.2, 0.25) is 5.91 Å². The fourth-order valence-electron chi connectivity index (χ4n) is 2.45. The van der Waals surface area contributed by atoms with E-state index in [1.807, 2.05) is 0 Å². The molecule has 1 amide bonds. The normalized spacial score (nSPS) is 18.2. The molecule has 0 aromatic rings. The van der Waals surface area contributed by atoms with E-state index in [1.165, 1.54) is 32.1 Å². The number of hydrogen-bond acceptors (Lipinski definition) is 3. The average molecular weight is 270 g/mol. The fourth-order valence-corrected chi connectivity index (χ4v) is 2.45. The Labute approximate surface area is 117 Å². The summed E-state index contributed by atoms with van der Waals surface area (Å²) in [7, 11) is 0. The first-order chi connectivity index (χ1) is 9.24. The van der Waals surface area contributed by atoms with Crippen LogP contribution in [-0.4, -0.2) is 31.2 Å². The second-order valence-electron chi connectivity index (χ2n) is 5.52. The summed E-state index contributed by atoms with van der Waals surface area (Å²) in [5.74, 6) is -0.0221. The Kier molecular flexibility index (Phi) is 8.84. The van der Waals surface area contributed by atoms with Crippen LogP contribution in [0.5, 0.6) is 0 Å². The number of nitrogens with two attached hydrogens (primary N) is 1. The first-order valence-electron chi connectivity index (χ1n) is 7.89. The lowest BCUT2D eigenvalue weighted by molar-refractivity contribution is -0.122. The number of hydrogen-bond donors (Lipinski definition) is 2. The Balaban J connectivity index is 1.95. The first kappa shape index (κ1) is 16.4. The van der Waals surface area contributed by atoms with Gasteiger partial charge in [-0.25, -0.2) is 0 Å². The van der Waals surface area contributed by atoms with Crippen molar-refractivity contribution in [2.75, 3.05) is 13.2 Å². The molecular weight excluding hydrogens is 240 g/mol. The van der Waals surface area contributed by atoms with Gasteiger partial charge in [-0.05, 0) is 25.7 Å². The lowest BCUT2D eigenvalue weighted by Crippen LogP contribution is -2.41. The highest BCUT2D eigenvalue weighted by Gasteiger charge is 2.14. The zero-order chi connectivity index (χ0) is 13.9. The van der Waals surface area contributed by atoms with Gasteiger partial charge in [0.1, 0.15) is 0 Å². The van der Waals surface area contributed by atoms with Crippen molar-refractivity contribution in [2.24, 2.45) is 5.73 Å². The van der Waals surface area contributed by atoms with Gasteiger partial charge in [0, 0.05) is 13.2 Å². The Morgan fingerprint density at radius 2 is 2.05 bits per heavy atom. The lowest BCUT2D eigenvalue weighted by atomic mass is 9.98. The Morgan fingerprint density at radius 3 is 2.74 bits per heavy atom. The molecule has 4 nitrogen and oxygen atoms in total. The number of ether oxygens (including phenoxy) is 1. The van der Waals surface area contributed by atoms with Crippen LogP contribution in [0, 0.1) is 0 Å². The van der Waals surface area contributed by atoms with Crippen LogP contribution in [0.2, 0.25) is 0 Å². The zero-order valence-electron chi connectivity index (χ0n) is 12.3. The molecule has 112 valence electrons. The molecule has 0 spiro atoms. The molecule has 0 heterocycles. The third-order valence-electron chi connectivity index (χ3n) is 3.73. The quantitative estimate of drug-likeness (QED) is 0.632. The summed E-state index contributed by atoms with van der Waals surface area (Å²) in [6, 6.07) is -0.348. The molecule has 3 N–H and O–H groups in total. The van der Waals surface area contributed by atoms with Crippen molar-refractivity contribution in [1.82, 2.24) is 5.32 Å². The third kappa shape index (κ3) is 7.53. The molecule has 1 aliphatic carbocycles. The largest absolute Gasteiger partial charge is 0.378 e. The van der Waals surface area contributed by atoms with E-state index in [4.69, 9.17) is 10.5 Å². The smallest absolute Gasteiger partial charge is 0.236 e. The SMILES string of the molecule is CCCCC(N)C(=O)NCCCOC1CCCCC1. The third-order valence-corrected chi connectivity index (χ3v) is 3.73. The van der Waals surface area contributed by atoms with Crippen molar-refractivity contribution in [1.29, 1.82) is 0 Å². The monoisotopic (exact) mass is 270 g/mol. The van der Waals surface area contributed by atoms with Gasteiger partial charge in [-0.3, -0.25) is 4.79 Å². The van der Waals surface area contributed by atoms with E-state index in [0.717, 1.165) is 32.3 Å². The highest BCUT2D eigenvalue weighted by Crippen LogP contribution is 2.20. The summed E-state index contributed by atoms with van der Waals surface area (Å²) in [4.78, 5) is 11.6. The maximum atomic E-state index is 11.6. The fraction of sp³-hybridized carbons (Fsp3) is 0.933. The van der Waals surface area contributed by atoms with Crippen LogP contribution < -0.4 is 11.1 Å². The Bertz CT molecular complexity index is 240. The molecule has 0 aromatic carbocycles. The Morgan fingerprint density at radius 1 is 1.32 bits per heavy atom. The van der Waals surface area contributed by atoms with Crippen LogP contribution in [0.1, 0.15) is 64.7 Å². The summed E-state index contributed by atoms with van der Waals surface area (Å²) >= 11 is 0. The summed E-state index contributed by atoms with van der Waals surface area (Å²) < 4.78 is 5.81. The van der Waals surface area contributed by atoms with Crippen molar-refractivity contribution in [2.45, 2.75) is 76.9 Å². The Hall–Kier alpha value is -0.610. The molecule has 1 aliphatic rings. The van der Waals surface area contributed by atoms with E-state index >= 15 is 0 Å². The molecular formula is C15H30N2O2. The molecule has 0 aromatic heterocycles. The average Bonchev–Trinajstić information content (AvgIpc) is 2.45. The molecule has 0 bridgehead atoms. The van der Waals surface area contributed by atoms with Crippen molar-refractivity contribution in [3.63, 3.8) is 0 Å². The maximum Gasteiger partial charge on any atom is 0.236 e. The van der Waals surface area contributed by atoms with Crippen LogP contribution in [0.15, 0.2) is 0 Å². The first-order valence-corrected chi connectivity index (χ1v) is 7.89. The molecule has 1 rings (SSSR count). The standard InChI is InChI=1S/C15H30N2O2/c1-2-3-10-14(16)15(18)17-11-7-12-19-13-8-5-4-6-9-13/h13-14H,2-12,16H2,1H3,(H,17,18). The summed E-state index contributed by atoms with van der Waals surface area (Å²) in [5.41, 5.74) is 5.79. The van der Waals surface area contributed by atoms with Crippen LogP contribution in [0.3, 0.4) is 0 Å². The highest BCUT2D eigenvalue weighted by atomic mass is 16.5.